The zero-order valence-corrected chi connectivity index (χ0v) is 20.5. The van der Waals surface area contributed by atoms with E-state index in [0.29, 0.717) is 32.5 Å². The Balaban J connectivity index is 1.51. The average Bonchev–Trinajstić information content (AvgIpc) is 3.24. The van der Waals surface area contributed by atoms with E-state index in [1.807, 2.05) is 44.1 Å². The Bertz CT molecular complexity index is 863. The van der Waals surface area contributed by atoms with E-state index in [0.717, 1.165) is 26.1 Å². The summed E-state index contributed by atoms with van der Waals surface area (Å²) in [5.41, 5.74) is 0.0301. The minimum Gasteiger partial charge on any atom is -0.355 e. The van der Waals surface area contributed by atoms with Gasteiger partial charge in [-0.1, -0.05) is 25.2 Å². The largest absolute Gasteiger partial charge is 0.355 e. The van der Waals surface area contributed by atoms with Crippen LogP contribution in [0.4, 0.5) is 5.13 Å². The van der Waals surface area contributed by atoms with Gasteiger partial charge >= 0.3 is 0 Å². The van der Waals surface area contributed by atoms with Gasteiger partial charge in [0.15, 0.2) is 5.13 Å². The Kier molecular flexibility index (Phi) is 7.04. The van der Waals surface area contributed by atoms with Crippen molar-refractivity contribution in [2.45, 2.75) is 26.7 Å². The summed E-state index contributed by atoms with van der Waals surface area (Å²) in [6.07, 6.45) is 1.43. The van der Waals surface area contributed by atoms with Gasteiger partial charge in [-0.3, -0.25) is 9.59 Å². The van der Waals surface area contributed by atoms with Gasteiger partial charge in [-0.15, -0.1) is 11.3 Å². The number of amides is 2. The molecular formula is C21H33N5O2S2. The van der Waals surface area contributed by atoms with Gasteiger partial charge in [-0.25, -0.2) is 4.98 Å². The summed E-state index contributed by atoms with van der Waals surface area (Å²) >= 11 is 3.06. The maximum absolute atomic E-state index is 12.9. The van der Waals surface area contributed by atoms with E-state index in [-0.39, 0.29) is 23.1 Å². The zero-order chi connectivity index (χ0) is 22.1. The molecule has 0 unspecified atom stereocenters. The van der Waals surface area contributed by atoms with E-state index in [4.69, 9.17) is 0 Å². The molecule has 0 saturated carbocycles. The molecule has 30 heavy (non-hydrogen) atoms. The number of hydrogen-bond acceptors (Lipinski definition) is 7. The number of piperidine rings is 1. The van der Waals surface area contributed by atoms with Crippen molar-refractivity contribution < 1.29 is 9.59 Å². The molecule has 2 aromatic heterocycles. The summed E-state index contributed by atoms with van der Waals surface area (Å²) < 4.78 is 1.06. The lowest BCUT2D eigenvalue weighted by atomic mass is 9.91. The lowest BCUT2D eigenvalue weighted by Crippen LogP contribution is -2.45. The number of aromatic nitrogens is 1. The molecule has 0 radical (unpaired) electrons. The van der Waals surface area contributed by atoms with E-state index < -0.39 is 0 Å². The van der Waals surface area contributed by atoms with Crippen LogP contribution in [0.3, 0.4) is 0 Å². The molecule has 0 bridgehead atoms. The zero-order valence-electron chi connectivity index (χ0n) is 18.8. The first-order chi connectivity index (χ1) is 14.1. The molecule has 2 aromatic rings. The number of carbonyl (C=O) groups is 2. The number of fused-ring (bicyclic) bond motifs is 1. The molecule has 1 N–H and O–H groups in total. The van der Waals surface area contributed by atoms with Crippen LogP contribution in [-0.2, 0) is 4.79 Å². The first-order valence-electron chi connectivity index (χ1n) is 10.3. The third-order valence-electron chi connectivity index (χ3n) is 5.31. The average molecular weight is 452 g/mol. The van der Waals surface area contributed by atoms with Gasteiger partial charge in [-0.05, 0) is 38.4 Å². The van der Waals surface area contributed by atoms with Crippen molar-refractivity contribution >= 4 is 49.1 Å². The second-order valence-electron chi connectivity index (χ2n) is 9.36. The van der Waals surface area contributed by atoms with Crippen LogP contribution in [0.2, 0.25) is 0 Å². The fourth-order valence-electron chi connectivity index (χ4n) is 3.90. The predicted molar refractivity (Wildman–Crippen MR) is 126 cm³/mol. The van der Waals surface area contributed by atoms with Gasteiger partial charge in [0.05, 0.1) is 9.58 Å². The molecule has 0 aliphatic carbocycles. The Hall–Kier alpha value is -1.71. The van der Waals surface area contributed by atoms with Crippen molar-refractivity contribution in [1.82, 2.24) is 20.1 Å². The van der Waals surface area contributed by atoms with Crippen LogP contribution >= 0.6 is 22.7 Å². The summed E-state index contributed by atoms with van der Waals surface area (Å²) in [5.74, 6) is 0.161. The molecule has 2 amide bonds. The molecule has 3 rings (SSSR count). The van der Waals surface area contributed by atoms with E-state index in [1.54, 1.807) is 11.3 Å². The second-order valence-corrected chi connectivity index (χ2v) is 11.4. The number of anilines is 1. The normalized spacial score (nSPS) is 15.8. The topological polar surface area (TPSA) is 68.8 Å². The predicted octanol–water partition coefficient (Wildman–Crippen LogP) is 2.98. The number of thiazole rings is 1. The van der Waals surface area contributed by atoms with Crippen LogP contribution in [0.15, 0.2) is 6.07 Å². The van der Waals surface area contributed by atoms with Crippen LogP contribution in [-0.4, -0.2) is 81.0 Å². The van der Waals surface area contributed by atoms with E-state index in [1.165, 1.54) is 11.3 Å². The van der Waals surface area contributed by atoms with E-state index >= 15 is 0 Å². The standard InChI is InChI=1S/C21H33N5O2S2/c1-21(2,13-24(3)4)12-22-17(27)14-7-9-26(10-8-14)19(28)16-11-15-18(29-16)23-20(30-15)25(5)6/h11,14H,7-10,12-13H2,1-6H3,(H,22,27). The van der Waals surface area contributed by atoms with Crippen LogP contribution in [0, 0.1) is 11.3 Å². The van der Waals surface area contributed by atoms with Crippen molar-refractivity contribution in [3.05, 3.63) is 10.9 Å². The lowest BCUT2D eigenvalue weighted by molar-refractivity contribution is -0.126. The number of hydrogen-bond donors (Lipinski definition) is 1. The SMILES string of the molecule is CN(C)CC(C)(C)CNC(=O)C1CCN(C(=O)c2cc3sc(N(C)C)nc3s2)CC1. The van der Waals surface area contributed by atoms with Crippen molar-refractivity contribution in [3.63, 3.8) is 0 Å². The first-order valence-corrected chi connectivity index (χ1v) is 12.0. The summed E-state index contributed by atoms with van der Waals surface area (Å²) in [6.45, 7) is 7.16. The highest BCUT2D eigenvalue weighted by Crippen LogP contribution is 2.34. The molecule has 1 fully saturated rings. The highest BCUT2D eigenvalue weighted by molar-refractivity contribution is 7.29. The third-order valence-corrected chi connectivity index (χ3v) is 7.63. The van der Waals surface area contributed by atoms with Gasteiger partial charge in [0.1, 0.15) is 4.83 Å². The Morgan fingerprint density at radius 2 is 1.87 bits per heavy atom. The highest BCUT2D eigenvalue weighted by atomic mass is 32.1. The van der Waals surface area contributed by atoms with Crippen LogP contribution in [0.1, 0.15) is 36.4 Å². The van der Waals surface area contributed by atoms with Crippen molar-refractivity contribution in [1.29, 1.82) is 0 Å². The number of nitrogens with zero attached hydrogens (tertiary/aromatic N) is 4. The number of carbonyl (C=O) groups excluding carboxylic acids is 2. The van der Waals surface area contributed by atoms with Gasteiger partial charge in [0.25, 0.3) is 5.91 Å². The maximum Gasteiger partial charge on any atom is 0.264 e. The van der Waals surface area contributed by atoms with Crippen molar-refractivity contribution in [2.24, 2.45) is 11.3 Å². The Morgan fingerprint density at radius 1 is 1.20 bits per heavy atom. The van der Waals surface area contributed by atoms with Crippen molar-refractivity contribution in [3.8, 4) is 0 Å². The summed E-state index contributed by atoms with van der Waals surface area (Å²) in [6, 6.07) is 1.96. The fourth-order valence-corrected chi connectivity index (χ4v) is 6.01. The van der Waals surface area contributed by atoms with E-state index in [2.05, 4.69) is 29.0 Å². The highest BCUT2D eigenvalue weighted by Gasteiger charge is 2.30. The lowest BCUT2D eigenvalue weighted by Gasteiger charge is -2.33. The molecule has 0 atom stereocenters. The molecule has 0 spiro atoms. The molecule has 166 valence electrons. The molecule has 1 aliphatic heterocycles. The Labute approximate surface area is 187 Å². The maximum atomic E-state index is 12.9. The molecule has 0 aromatic carbocycles. The summed E-state index contributed by atoms with van der Waals surface area (Å²) in [7, 11) is 8.03. The third kappa shape index (κ3) is 5.50. The molecule has 1 saturated heterocycles. The molecular weight excluding hydrogens is 418 g/mol. The van der Waals surface area contributed by atoms with Gasteiger partial charge in [0, 0.05) is 46.2 Å². The van der Waals surface area contributed by atoms with E-state index in [9.17, 15) is 9.59 Å². The van der Waals surface area contributed by atoms with Crippen LogP contribution in [0.25, 0.3) is 9.53 Å². The minimum atomic E-state index is -0.0136. The van der Waals surface area contributed by atoms with Gasteiger partial charge in [-0.2, -0.15) is 0 Å². The van der Waals surface area contributed by atoms with Gasteiger partial charge in [0.2, 0.25) is 5.91 Å². The minimum absolute atomic E-state index is 0.0136. The monoisotopic (exact) mass is 451 g/mol. The number of likely N-dealkylation sites (tertiary alicyclic amines) is 1. The van der Waals surface area contributed by atoms with Crippen LogP contribution in [0.5, 0.6) is 0 Å². The number of nitrogens with one attached hydrogen (secondary N) is 1. The molecule has 7 nitrogen and oxygen atoms in total. The quantitative estimate of drug-likeness (QED) is 0.701. The number of rotatable bonds is 7. The van der Waals surface area contributed by atoms with Crippen LogP contribution < -0.4 is 10.2 Å². The van der Waals surface area contributed by atoms with Crippen molar-refractivity contribution in [2.75, 3.05) is 59.3 Å². The molecule has 1 aliphatic rings. The number of thiophene rings is 1. The molecule has 9 heteroatoms. The smallest absolute Gasteiger partial charge is 0.264 e. The summed E-state index contributed by atoms with van der Waals surface area (Å²) in [4.78, 5) is 37.8. The molecule has 3 heterocycles. The first kappa shape index (κ1) is 23.0. The second kappa shape index (κ2) is 9.20. The van der Waals surface area contributed by atoms with Gasteiger partial charge < -0.3 is 20.0 Å². The Morgan fingerprint density at radius 3 is 2.43 bits per heavy atom. The summed E-state index contributed by atoms with van der Waals surface area (Å²) in [5, 5.41) is 4.08. The fraction of sp³-hybridized carbons (Fsp3) is 0.667.